The van der Waals surface area contributed by atoms with Crippen molar-refractivity contribution in [3.8, 4) is 17.2 Å². The molecule has 0 heterocycles. The first-order valence-electron chi connectivity index (χ1n) is 11.7. The molecule has 0 saturated heterocycles. The number of hydrazone groups is 1. The highest BCUT2D eigenvalue weighted by molar-refractivity contribution is 6.30. The Kier molecular flexibility index (Phi) is 8.38. The molecule has 0 aromatic heterocycles. The van der Waals surface area contributed by atoms with Gasteiger partial charge in [-0.3, -0.25) is 4.79 Å². The zero-order chi connectivity index (χ0) is 26.2. The van der Waals surface area contributed by atoms with E-state index in [2.05, 4.69) is 10.5 Å². The molecular weight excluding hydrogens is 492 g/mol. The lowest BCUT2D eigenvalue weighted by atomic mass is 10.1. The number of nitrogens with zero attached hydrogens (tertiary/aromatic N) is 1. The zero-order valence-electron chi connectivity index (χ0n) is 20.3. The maximum atomic E-state index is 12.5. The topological polar surface area (TPSA) is 86.2 Å². The van der Waals surface area contributed by atoms with Gasteiger partial charge in [-0.25, -0.2) is 10.2 Å². The standard InChI is InChI=1S/C29H25ClN2O5/c1-3-35-27-17-20(11-16-26(27)37-29(34)22-12-14-23(30)15-13-22)18-31-32-28(33)19(2)36-25-10-6-8-21-7-4-5-9-24(21)25/h4-19H,3H2,1-2H3,(H,32,33)/b31-18-/t19-/m1/s1. The lowest BCUT2D eigenvalue weighted by Gasteiger charge is -2.14. The van der Waals surface area contributed by atoms with Crippen molar-refractivity contribution in [2.24, 2.45) is 5.10 Å². The zero-order valence-corrected chi connectivity index (χ0v) is 21.1. The Morgan fingerprint density at radius 3 is 2.49 bits per heavy atom. The van der Waals surface area contributed by atoms with Gasteiger partial charge in [0.2, 0.25) is 0 Å². The number of carbonyl (C=O) groups excluding carboxylic acids is 2. The highest BCUT2D eigenvalue weighted by Crippen LogP contribution is 2.29. The van der Waals surface area contributed by atoms with E-state index in [4.69, 9.17) is 25.8 Å². The van der Waals surface area contributed by atoms with Gasteiger partial charge in [-0.05, 0) is 73.3 Å². The van der Waals surface area contributed by atoms with Crippen LogP contribution < -0.4 is 19.6 Å². The Bertz CT molecular complexity index is 1430. The van der Waals surface area contributed by atoms with Crippen molar-refractivity contribution >= 4 is 40.5 Å². The van der Waals surface area contributed by atoms with E-state index in [1.165, 1.54) is 6.21 Å². The van der Waals surface area contributed by atoms with Gasteiger partial charge in [-0.1, -0.05) is 48.0 Å². The maximum absolute atomic E-state index is 12.5. The second-order valence-electron chi connectivity index (χ2n) is 8.01. The lowest BCUT2D eigenvalue weighted by molar-refractivity contribution is -0.127. The number of hydrogen-bond donors (Lipinski definition) is 1. The highest BCUT2D eigenvalue weighted by Gasteiger charge is 2.16. The van der Waals surface area contributed by atoms with Gasteiger partial charge in [0.25, 0.3) is 5.91 Å². The quantitative estimate of drug-likeness (QED) is 0.127. The average Bonchev–Trinajstić information content (AvgIpc) is 2.90. The second-order valence-corrected chi connectivity index (χ2v) is 8.44. The fourth-order valence-corrected chi connectivity index (χ4v) is 3.63. The van der Waals surface area contributed by atoms with Crippen LogP contribution in [0.15, 0.2) is 90.0 Å². The molecule has 0 aliphatic carbocycles. The van der Waals surface area contributed by atoms with Crippen LogP contribution in [0.4, 0.5) is 0 Å². The SMILES string of the molecule is CCOc1cc(/C=N\NC(=O)[C@@H](C)Oc2cccc3ccccc23)ccc1OC(=O)c1ccc(Cl)cc1. The molecule has 0 spiro atoms. The van der Waals surface area contributed by atoms with E-state index in [-0.39, 0.29) is 5.75 Å². The third kappa shape index (κ3) is 6.65. The van der Waals surface area contributed by atoms with Gasteiger partial charge in [-0.2, -0.15) is 5.10 Å². The molecule has 37 heavy (non-hydrogen) atoms. The number of carbonyl (C=O) groups is 2. The normalized spacial score (nSPS) is 11.8. The number of hydrogen-bond acceptors (Lipinski definition) is 6. The molecule has 8 heteroatoms. The molecule has 0 bridgehead atoms. The Morgan fingerprint density at radius 1 is 0.946 bits per heavy atom. The molecule has 0 radical (unpaired) electrons. The van der Waals surface area contributed by atoms with Crippen molar-refractivity contribution in [2.75, 3.05) is 6.61 Å². The van der Waals surface area contributed by atoms with Crippen LogP contribution in [-0.2, 0) is 4.79 Å². The third-order valence-corrected chi connectivity index (χ3v) is 5.61. The number of nitrogens with one attached hydrogen (secondary N) is 1. The molecule has 0 unspecified atom stereocenters. The molecule has 1 amide bonds. The fraction of sp³-hybridized carbons (Fsp3) is 0.138. The van der Waals surface area contributed by atoms with Crippen LogP contribution in [0.1, 0.15) is 29.8 Å². The monoisotopic (exact) mass is 516 g/mol. The van der Waals surface area contributed by atoms with Gasteiger partial charge < -0.3 is 14.2 Å². The maximum Gasteiger partial charge on any atom is 0.343 e. The largest absolute Gasteiger partial charge is 0.490 e. The third-order valence-electron chi connectivity index (χ3n) is 5.36. The fourth-order valence-electron chi connectivity index (χ4n) is 3.51. The molecule has 0 aliphatic rings. The molecule has 4 rings (SSSR count). The summed E-state index contributed by atoms with van der Waals surface area (Å²) in [5, 5.41) is 6.51. The van der Waals surface area contributed by atoms with Crippen molar-refractivity contribution in [1.82, 2.24) is 5.43 Å². The summed E-state index contributed by atoms with van der Waals surface area (Å²) in [7, 11) is 0. The van der Waals surface area contributed by atoms with Crippen LogP contribution in [0.2, 0.25) is 5.02 Å². The molecule has 0 saturated carbocycles. The summed E-state index contributed by atoms with van der Waals surface area (Å²) < 4.78 is 17.0. The van der Waals surface area contributed by atoms with E-state index in [9.17, 15) is 9.59 Å². The van der Waals surface area contributed by atoms with E-state index in [0.717, 1.165) is 10.8 Å². The number of benzene rings is 4. The first kappa shape index (κ1) is 25.7. The summed E-state index contributed by atoms with van der Waals surface area (Å²) in [4.78, 5) is 25.0. The number of esters is 1. The Morgan fingerprint density at radius 2 is 1.70 bits per heavy atom. The molecule has 0 fully saturated rings. The van der Waals surface area contributed by atoms with Crippen LogP contribution in [-0.4, -0.2) is 30.8 Å². The van der Waals surface area contributed by atoms with Crippen LogP contribution in [0, 0.1) is 0 Å². The Labute approximate surface area is 219 Å². The van der Waals surface area contributed by atoms with E-state index in [1.807, 2.05) is 49.4 Å². The van der Waals surface area contributed by atoms with Crippen molar-refractivity contribution in [3.63, 3.8) is 0 Å². The second kappa shape index (κ2) is 12.1. The van der Waals surface area contributed by atoms with Crippen molar-refractivity contribution in [3.05, 3.63) is 101 Å². The number of rotatable bonds is 9. The summed E-state index contributed by atoms with van der Waals surface area (Å²) in [6.45, 7) is 3.85. The first-order valence-corrected chi connectivity index (χ1v) is 12.0. The summed E-state index contributed by atoms with van der Waals surface area (Å²) in [5.74, 6) is 0.317. The lowest BCUT2D eigenvalue weighted by Crippen LogP contribution is -2.33. The van der Waals surface area contributed by atoms with Crippen LogP contribution in [0.3, 0.4) is 0 Å². The highest BCUT2D eigenvalue weighted by atomic mass is 35.5. The van der Waals surface area contributed by atoms with Gasteiger partial charge in [0.15, 0.2) is 17.6 Å². The molecule has 1 N–H and O–H groups in total. The van der Waals surface area contributed by atoms with Gasteiger partial charge in [-0.15, -0.1) is 0 Å². The predicted octanol–water partition coefficient (Wildman–Crippen LogP) is 6.03. The summed E-state index contributed by atoms with van der Waals surface area (Å²) in [5.41, 5.74) is 3.49. The summed E-state index contributed by atoms with van der Waals surface area (Å²) >= 11 is 5.88. The van der Waals surface area contributed by atoms with E-state index in [0.29, 0.717) is 34.3 Å². The number of halogens is 1. The average molecular weight is 517 g/mol. The molecule has 7 nitrogen and oxygen atoms in total. The Hall–Kier alpha value is -4.36. The van der Waals surface area contributed by atoms with Gasteiger partial charge >= 0.3 is 5.97 Å². The van der Waals surface area contributed by atoms with Gasteiger partial charge in [0.05, 0.1) is 18.4 Å². The van der Waals surface area contributed by atoms with Crippen molar-refractivity contribution < 1.29 is 23.8 Å². The number of ether oxygens (including phenoxy) is 3. The predicted molar refractivity (Wildman–Crippen MR) is 144 cm³/mol. The summed E-state index contributed by atoms with van der Waals surface area (Å²) in [6, 6.07) is 24.8. The number of amides is 1. The summed E-state index contributed by atoms with van der Waals surface area (Å²) in [6.07, 6.45) is 0.701. The molecule has 1 atom stereocenters. The minimum atomic E-state index is -0.767. The van der Waals surface area contributed by atoms with E-state index < -0.39 is 18.0 Å². The first-order chi connectivity index (χ1) is 17.9. The van der Waals surface area contributed by atoms with Gasteiger partial charge in [0.1, 0.15) is 5.75 Å². The number of fused-ring (bicyclic) bond motifs is 1. The van der Waals surface area contributed by atoms with Crippen LogP contribution in [0.25, 0.3) is 10.8 Å². The Balaban J connectivity index is 1.39. The van der Waals surface area contributed by atoms with E-state index in [1.54, 1.807) is 49.4 Å². The molecule has 4 aromatic carbocycles. The van der Waals surface area contributed by atoms with Crippen LogP contribution in [0.5, 0.6) is 17.2 Å². The van der Waals surface area contributed by atoms with Crippen molar-refractivity contribution in [1.29, 1.82) is 0 Å². The van der Waals surface area contributed by atoms with Gasteiger partial charge in [0, 0.05) is 10.4 Å². The van der Waals surface area contributed by atoms with Crippen molar-refractivity contribution in [2.45, 2.75) is 20.0 Å². The van der Waals surface area contributed by atoms with E-state index >= 15 is 0 Å². The minimum Gasteiger partial charge on any atom is -0.490 e. The molecule has 188 valence electrons. The molecule has 0 aliphatic heterocycles. The minimum absolute atomic E-state index is 0.264. The smallest absolute Gasteiger partial charge is 0.343 e. The van der Waals surface area contributed by atoms with Crippen LogP contribution >= 0.6 is 11.6 Å². The molecule has 4 aromatic rings. The molecular formula is C29H25ClN2O5.